The number of aliphatic hydroxyl groups excluding tert-OH is 2. The highest BCUT2D eigenvalue weighted by Crippen LogP contribution is 2.38. The monoisotopic (exact) mass is 287 g/mol. The number of nitrogens with zero attached hydrogens (tertiary/aromatic N) is 1. The number of nitro benzene ring substituents is 1. The summed E-state index contributed by atoms with van der Waals surface area (Å²) in [5.41, 5.74) is 0.0751. The molecule has 0 unspecified atom stereocenters. The van der Waals surface area contributed by atoms with E-state index in [2.05, 4.69) is 0 Å². The Labute approximate surface area is 113 Å². The van der Waals surface area contributed by atoms with E-state index in [1.807, 2.05) is 0 Å². The van der Waals surface area contributed by atoms with Crippen molar-refractivity contribution in [2.75, 3.05) is 5.75 Å². The van der Waals surface area contributed by atoms with E-state index >= 15 is 0 Å². The molecule has 1 aromatic rings. The van der Waals surface area contributed by atoms with Gasteiger partial charge >= 0.3 is 0 Å². The van der Waals surface area contributed by atoms with E-state index in [9.17, 15) is 20.3 Å². The van der Waals surface area contributed by atoms with Gasteiger partial charge in [0.05, 0.1) is 21.7 Å². The van der Waals surface area contributed by atoms with Crippen molar-refractivity contribution in [1.29, 1.82) is 0 Å². The van der Waals surface area contributed by atoms with Crippen LogP contribution in [0.15, 0.2) is 29.2 Å². The van der Waals surface area contributed by atoms with E-state index in [0.29, 0.717) is 12.2 Å². The third-order valence-corrected chi connectivity index (χ3v) is 5.44. The highest BCUT2D eigenvalue weighted by Gasteiger charge is 2.28. The van der Waals surface area contributed by atoms with Crippen LogP contribution in [0.4, 0.5) is 5.69 Å². The molecule has 1 aliphatic heterocycles. The molecule has 7 heteroatoms. The largest absolute Gasteiger partial charge is 0.390 e. The Bertz CT molecular complexity index is 426. The van der Waals surface area contributed by atoms with Crippen LogP contribution in [0.2, 0.25) is 0 Å². The molecule has 98 valence electrons. The van der Waals surface area contributed by atoms with Crippen LogP contribution in [0.3, 0.4) is 0 Å². The average Bonchev–Trinajstić information content (AvgIpc) is 2.34. The molecule has 1 fully saturated rings. The number of hydrogen-bond donors (Lipinski definition) is 2. The maximum absolute atomic E-state index is 10.5. The number of benzene rings is 1. The van der Waals surface area contributed by atoms with Gasteiger partial charge in [0.25, 0.3) is 5.69 Å². The molecule has 0 aromatic heterocycles. The molecule has 0 aliphatic carbocycles. The molecule has 0 bridgehead atoms. The summed E-state index contributed by atoms with van der Waals surface area (Å²) in [4.78, 5) is 11.0. The van der Waals surface area contributed by atoms with Crippen molar-refractivity contribution in [1.82, 2.24) is 0 Å². The molecule has 5 nitrogen and oxygen atoms in total. The standard InChI is InChI=1S/C11H13NO4S2/c13-9-5-11(17-6-10(9)14)18-8-3-1-7(2-4-8)12(15)16/h1-4,9-11,13-14H,5-6H2/t9-,10+,11-/m0/s1. The van der Waals surface area contributed by atoms with Crippen molar-refractivity contribution < 1.29 is 15.1 Å². The van der Waals surface area contributed by atoms with E-state index in [1.165, 1.54) is 12.1 Å². The van der Waals surface area contributed by atoms with E-state index in [0.717, 1.165) is 4.90 Å². The van der Waals surface area contributed by atoms with Crippen molar-refractivity contribution in [3.63, 3.8) is 0 Å². The van der Waals surface area contributed by atoms with Gasteiger partial charge in [-0.3, -0.25) is 10.1 Å². The fourth-order valence-corrected chi connectivity index (χ4v) is 4.32. The molecule has 0 spiro atoms. The quantitative estimate of drug-likeness (QED) is 0.652. The third kappa shape index (κ3) is 3.38. The summed E-state index contributed by atoms with van der Waals surface area (Å²) in [5.74, 6) is 0.520. The van der Waals surface area contributed by atoms with Crippen molar-refractivity contribution in [3.8, 4) is 0 Å². The summed E-state index contributed by atoms with van der Waals surface area (Å²) < 4.78 is 0.171. The smallest absolute Gasteiger partial charge is 0.269 e. The highest BCUT2D eigenvalue weighted by atomic mass is 32.2. The summed E-state index contributed by atoms with van der Waals surface area (Å²) in [6.45, 7) is 0. The molecular formula is C11H13NO4S2. The summed E-state index contributed by atoms with van der Waals surface area (Å²) in [7, 11) is 0. The van der Waals surface area contributed by atoms with Crippen LogP contribution in [0.5, 0.6) is 0 Å². The van der Waals surface area contributed by atoms with E-state index in [4.69, 9.17) is 0 Å². The summed E-state index contributed by atoms with van der Waals surface area (Å²) in [5, 5.41) is 29.5. The zero-order valence-electron chi connectivity index (χ0n) is 9.43. The predicted octanol–water partition coefficient (Wildman–Crippen LogP) is 1.87. The Balaban J connectivity index is 1.95. The number of aliphatic hydroxyl groups is 2. The topological polar surface area (TPSA) is 83.6 Å². The van der Waals surface area contributed by atoms with Gasteiger partial charge in [0, 0.05) is 22.8 Å². The summed E-state index contributed by atoms with van der Waals surface area (Å²) in [6.07, 6.45) is -0.807. The SMILES string of the molecule is O=[N+]([O-])c1ccc(S[C@H]2C[C@H](O)[C@H](O)CS2)cc1. The second-order valence-corrected chi connectivity index (χ2v) is 6.81. The van der Waals surface area contributed by atoms with Crippen LogP contribution >= 0.6 is 23.5 Å². The Morgan fingerprint density at radius 2 is 1.94 bits per heavy atom. The molecule has 1 aromatic carbocycles. The number of non-ortho nitro benzene ring substituents is 1. The van der Waals surface area contributed by atoms with Crippen LogP contribution in [0, 0.1) is 10.1 Å². The van der Waals surface area contributed by atoms with Gasteiger partial charge in [-0.25, -0.2) is 0 Å². The van der Waals surface area contributed by atoms with Crippen molar-refractivity contribution in [2.24, 2.45) is 0 Å². The van der Waals surface area contributed by atoms with E-state index in [1.54, 1.807) is 35.7 Å². The molecule has 2 rings (SSSR count). The number of thioether (sulfide) groups is 2. The summed E-state index contributed by atoms with van der Waals surface area (Å²) >= 11 is 3.16. The lowest BCUT2D eigenvalue weighted by molar-refractivity contribution is -0.384. The minimum atomic E-state index is -0.679. The second-order valence-electron chi connectivity index (χ2n) is 4.00. The second kappa shape index (κ2) is 5.92. The number of nitro groups is 1. The zero-order chi connectivity index (χ0) is 13.1. The first kappa shape index (κ1) is 13.7. The minimum absolute atomic E-state index is 0.0751. The Hall–Kier alpha value is -0.760. The van der Waals surface area contributed by atoms with Crippen LogP contribution in [-0.2, 0) is 0 Å². The van der Waals surface area contributed by atoms with E-state index in [-0.39, 0.29) is 10.3 Å². The normalized spacial score (nSPS) is 28.0. The average molecular weight is 287 g/mol. The van der Waals surface area contributed by atoms with Crippen LogP contribution in [-0.4, -0.2) is 37.7 Å². The maximum atomic E-state index is 10.5. The maximum Gasteiger partial charge on any atom is 0.269 e. The highest BCUT2D eigenvalue weighted by molar-refractivity contribution is 8.17. The minimum Gasteiger partial charge on any atom is -0.390 e. The van der Waals surface area contributed by atoms with Crippen LogP contribution < -0.4 is 0 Å². The molecule has 3 atom stereocenters. The van der Waals surface area contributed by atoms with Gasteiger partial charge in [0.2, 0.25) is 0 Å². The molecule has 1 aliphatic rings. The zero-order valence-corrected chi connectivity index (χ0v) is 11.1. The van der Waals surface area contributed by atoms with E-state index < -0.39 is 17.1 Å². The first-order valence-corrected chi connectivity index (χ1v) is 7.38. The molecule has 2 N–H and O–H groups in total. The molecule has 18 heavy (non-hydrogen) atoms. The number of rotatable bonds is 3. The van der Waals surface area contributed by atoms with Crippen LogP contribution in [0.25, 0.3) is 0 Å². The van der Waals surface area contributed by atoms with Gasteiger partial charge < -0.3 is 10.2 Å². The lowest BCUT2D eigenvalue weighted by Crippen LogP contribution is -2.35. The van der Waals surface area contributed by atoms with Gasteiger partial charge in [-0.15, -0.1) is 23.5 Å². The first-order chi connectivity index (χ1) is 8.56. The predicted molar refractivity (Wildman–Crippen MR) is 71.8 cm³/mol. The third-order valence-electron chi connectivity index (χ3n) is 2.65. The van der Waals surface area contributed by atoms with Gasteiger partial charge in [-0.1, -0.05) is 0 Å². The first-order valence-electron chi connectivity index (χ1n) is 5.45. The molecular weight excluding hydrogens is 274 g/mol. The Morgan fingerprint density at radius 1 is 1.28 bits per heavy atom. The molecule has 0 amide bonds. The lowest BCUT2D eigenvalue weighted by atomic mass is 10.2. The van der Waals surface area contributed by atoms with Crippen molar-refractivity contribution in [3.05, 3.63) is 34.4 Å². The van der Waals surface area contributed by atoms with Crippen LogP contribution in [0.1, 0.15) is 6.42 Å². The molecule has 0 radical (unpaired) electrons. The fraction of sp³-hybridized carbons (Fsp3) is 0.455. The van der Waals surface area contributed by atoms with Gasteiger partial charge in [0.1, 0.15) is 0 Å². The molecule has 0 saturated carbocycles. The fourth-order valence-electron chi connectivity index (χ4n) is 1.62. The Kier molecular flexibility index (Phi) is 4.50. The lowest BCUT2D eigenvalue weighted by Gasteiger charge is -2.29. The van der Waals surface area contributed by atoms with Gasteiger partial charge in [0.15, 0.2) is 0 Å². The molecule has 1 saturated heterocycles. The molecule has 1 heterocycles. The van der Waals surface area contributed by atoms with Crippen molar-refractivity contribution >= 4 is 29.2 Å². The van der Waals surface area contributed by atoms with Gasteiger partial charge in [-0.05, 0) is 18.6 Å². The van der Waals surface area contributed by atoms with Gasteiger partial charge in [-0.2, -0.15) is 0 Å². The number of hydrogen-bond acceptors (Lipinski definition) is 6. The van der Waals surface area contributed by atoms with Crippen molar-refractivity contribution in [2.45, 2.75) is 28.1 Å². The summed E-state index contributed by atoms with van der Waals surface area (Å²) in [6, 6.07) is 6.36. The Morgan fingerprint density at radius 3 is 2.50 bits per heavy atom.